The first-order valence-electron chi connectivity index (χ1n) is 10.6. The molecule has 0 N–H and O–H groups in total. The molecule has 0 atom stereocenters. The van der Waals surface area contributed by atoms with Crippen LogP contribution in [0.3, 0.4) is 0 Å². The summed E-state index contributed by atoms with van der Waals surface area (Å²) in [5.74, 6) is -0.0434. The third-order valence-corrected chi connectivity index (χ3v) is 5.71. The molecule has 0 aliphatic carbocycles. The van der Waals surface area contributed by atoms with Gasteiger partial charge in [-0.2, -0.15) is 0 Å². The number of halogens is 2. The van der Waals surface area contributed by atoms with Crippen LogP contribution in [0.5, 0.6) is 11.5 Å². The van der Waals surface area contributed by atoms with Gasteiger partial charge in [0.1, 0.15) is 23.9 Å². The highest BCUT2D eigenvalue weighted by Crippen LogP contribution is 2.22. The lowest BCUT2D eigenvalue weighted by molar-refractivity contribution is 0.0614. The number of carbonyl (C=O) groups is 1. The molecule has 1 amide bonds. The van der Waals surface area contributed by atoms with Crippen LogP contribution in [0.15, 0.2) is 47.0 Å². The highest BCUT2D eigenvalue weighted by atomic mass is 19.2. The first-order chi connectivity index (χ1) is 16.0. The molecule has 1 aromatic heterocycles. The quantitative estimate of drug-likeness (QED) is 0.538. The van der Waals surface area contributed by atoms with Crippen molar-refractivity contribution in [3.05, 3.63) is 76.7 Å². The summed E-state index contributed by atoms with van der Waals surface area (Å²) in [6.45, 7) is 4.13. The second-order valence-electron chi connectivity index (χ2n) is 7.81. The maximum absolute atomic E-state index is 14.0. The van der Waals surface area contributed by atoms with Crippen molar-refractivity contribution in [2.24, 2.45) is 0 Å². The Hall–Kier alpha value is -3.46. The Bertz CT molecular complexity index is 1110. The molecule has 1 fully saturated rings. The predicted octanol–water partition coefficient (Wildman–Crippen LogP) is 3.81. The van der Waals surface area contributed by atoms with Crippen LogP contribution in [0.2, 0.25) is 0 Å². The zero-order chi connectivity index (χ0) is 23.4. The van der Waals surface area contributed by atoms with E-state index in [2.05, 4.69) is 5.16 Å². The van der Waals surface area contributed by atoms with Crippen LogP contribution in [-0.2, 0) is 13.2 Å². The molecule has 7 nitrogen and oxygen atoms in total. The third-order valence-electron chi connectivity index (χ3n) is 5.71. The molecule has 2 heterocycles. The van der Waals surface area contributed by atoms with Gasteiger partial charge in [-0.1, -0.05) is 17.3 Å². The Labute approximate surface area is 190 Å². The molecule has 0 saturated carbocycles. The van der Waals surface area contributed by atoms with E-state index < -0.39 is 11.6 Å². The van der Waals surface area contributed by atoms with Crippen LogP contribution in [0, 0.1) is 18.6 Å². The fourth-order valence-corrected chi connectivity index (χ4v) is 3.73. The van der Waals surface area contributed by atoms with Crippen LogP contribution >= 0.6 is 0 Å². The fourth-order valence-electron chi connectivity index (χ4n) is 3.73. The van der Waals surface area contributed by atoms with Crippen molar-refractivity contribution >= 4 is 5.91 Å². The standard InChI is InChI=1S/C24H25F2N3O4/c1-16-20(15-32-19-8-6-18(31-2)7-9-19)23(27-33-16)24(30)29-12-10-28(11-13-29)14-17-4-3-5-21(25)22(17)26/h3-9H,10-15H2,1-2H3. The summed E-state index contributed by atoms with van der Waals surface area (Å²) in [5.41, 5.74) is 1.13. The number of hydrogen-bond donors (Lipinski definition) is 0. The molecular weight excluding hydrogens is 432 g/mol. The Balaban J connectivity index is 1.36. The van der Waals surface area contributed by atoms with Crippen LogP contribution < -0.4 is 9.47 Å². The van der Waals surface area contributed by atoms with Crippen molar-refractivity contribution in [3.63, 3.8) is 0 Å². The van der Waals surface area contributed by atoms with E-state index in [4.69, 9.17) is 14.0 Å². The molecule has 2 aromatic carbocycles. The van der Waals surface area contributed by atoms with Gasteiger partial charge >= 0.3 is 0 Å². The Morgan fingerprint density at radius 2 is 1.76 bits per heavy atom. The minimum Gasteiger partial charge on any atom is -0.497 e. The van der Waals surface area contributed by atoms with Crippen molar-refractivity contribution < 1.29 is 27.6 Å². The van der Waals surface area contributed by atoms with E-state index in [1.54, 1.807) is 49.3 Å². The zero-order valence-electron chi connectivity index (χ0n) is 18.5. The average molecular weight is 457 g/mol. The van der Waals surface area contributed by atoms with Gasteiger partial charge in [0.2, 0.25) is 0 Å². The smallest absolute Gasteiger partial charge is 0.276 e. The molecular formula is C24H25F2N3O4. The number of benzene rings is 2. The SMILES string of the molecule is COc1ccc(OCc2c(C(=O)N3CCN(Cc4cccc(F)c4F)CC3)noc2C)cc1. The topological polar surface area (TPSA) is 68.0 Å². The summed E-state index contributed by atoms with van der Waals surface area (Å²) in [6, 6.07) is 11.3. The summed E-state index contributed by atoms with van der Waals surface area (Å²) >= 11 is 0. The summed E-state index contributed by atoms with van der Waals surface area (Å²) < 4.78 is 43.6. The van der Waals surface area contributed by atoms with Gasteiger partial charge in [0, 0.05) is 38.3 Å². The first-order valence-corrected chi connectivity index (χ1v) is 10.6. The monoisotopic (exact) mass is 457 g/mol. The van der Waals surface area contributed by atoms with Gasteiger partial charge in [0.15, 0.2) is 17.3 Å². The second kappa shape index (κ2) is 9.99. The number of hydrogen-bond acceptors (Lipinski definition) is 6. The minimum atomic E-state index is -0.855. The lowest BCUT2D eigenvalue weighted by Crippen LogP contribution is -2.48. The summed E-state index contributed by atoms with van der Waals surface area (Å²) in [5, 5.41) is 3.97. The highest BCUT2D eigenvalue weighted by Gasteiger charge is 2.28. The number of rotatable bonds is 7. The van der Waals surface area contributed by atoms with Crippen LogP contribution in [0.4, 0.5) is 8.78 Å². The number of nitrogens with zero attached hydrogens (tertiary/aromatic N) is 3. The number of aromatic nitrogens is 1. The number of ether oxygens (including phenoxy) is 2. The molecule has 1 aliphatic heterocycles. The van der Waals surface area contributed by atoms with E-state index in [1.165, 1.54) is 6.07 Å². The largest absolute Gasteiger partial charge is 0.497 e. The van der Waals surface area contributed by atoms with Crippen molar-refractivity contribution in [2.45, 2.75) is 20.1 Å². The maximum Gasteiger partial charge on any atom is 0.276 e. The van der Waals surface area contributed by atoms with Crippen molar-refractivity contribution in [1.82, 2.24) is 15.0 Å². The second-order valence-corrected chi connectivity index (χ2v) is 7.81. The number of amides is 1. The number of methoxy groups -OCH3 is 1. The molecule has 174 valence electrons. The molecule has 1 saturated heterocycles. The molecule has 0 spiro atoms. The molecule has 1 aliphatic rings. The van der Waals surface area contributed by atoms with E-state index in [0.717, 1.165) is 11.8 Å². The zero-order valence-corrected chi connectivity index (χ0v) is 18.5. The summed E-state index contributed by atoms with van der Waals surface area (Å²) in [7, 11) is 1.59. The van der Waals surface area contributed by atoms with Crippen LogP contribution in [-0.4, -0.2) is 54.2 Å². The summed E-state index contributed by atoms with van der Waals surface area (Å²) in [4.78, 5) is 16.8. The molecule has 0 bridgehead atoms. The normalized spacial score (nSPS) is 14.4. The Morgan fingerprint density at radius 1 is 1.06 bits per heavy atom. The number of piperazine rings is 1. The lowest BCUT2D eigenvalue weighted by atomic mass is 10.1. The fraction of sp³-hybridized carbons (Fsp3) is 0.333. The average Bonchev–Trinajstić information content (AvgIpc) is 3.21. The van der Waals surface area contributed by atoms with Crippen LogP contribution in [0.25, 0.3) is 0 Å². The third kappa shape index (κ3) is 5.14. The van der Waals surface area contributed by atoms with Gasteiger partial charge in [-0.25, -0.2) is 8.78 Å². The van der Waals surface area contributed by atoms with Gasteiger partial charge in [0.25, 0.3) is 5.91 Å². The van der Waals surface area contributed by atoms with Gasteiger partial charge in [-0.15, -0.1) is 0 Å². The van der Waals surface area contributed by atoms with E-state index >= 15 is 0 Å². The lowest BCUT2D eigenvalue weighted by Gasteiger charge is -2.34. The predicted molar refractivity (Wildman–Crippen MR) is 116 cm³/mol. The van der Waals surface area contributed by atoms with E-state index in [0.29, 0.717) is 48.8 Å². The molecule has 0 unspecified atom stereocenters. The molecule has 4 rings (SSSR count). The minimum absolute atomic E-state index is 0.140. The van der Waals surface area contributed by atoms with Gasteiger partial charge in [-0.05, 0) is 37.3 Å². The first kappa shape index (κ1) is 22.7. The number of aryl methyl sites for hydroxylation is 1. The molecule has 0 radical (unpaired) electrons. The van der Waals surface area contributed by atoms with Gasteiger partial charge < -0.3 is 18.9 Å². The molecule has 9 heteroatoms. The van der Waals surface area contributed by atoms with Crippen molar-refractivity contribution in [1.29, 1.82) is 0 Å². The Morgan fingerprint density at radius 3 is 2.45 bits per heavy atom. The molecule has 33 heavy (non-hydrogen) atoms. The highest BCUT2D eigenvalue weighted by molar-refractivity contribution is 5.93. The van der Waals surface area contributed by atoms with Gasteiger partial charge in [-0.3, -0.25) is 9.69 Å². The Kier molecular flexibility index (Phi) is 6.88. The van der Waals surface area contributed by atoms with Crippen LogP contribution in [0.1, 0.15) is 27.4 Å². The van der Waals surface area contributed by atoms with E-state index in [9.17, 15) is 13.6 Å². The van der Waals surface area contributed by atoms with E-state index in [-0.39, 0.29) is 24.8 Å². The van der Waals surface area contributed by atoms with Crippen molar-refractivity contribution in [2.75, 3.05) is 33.3 Å². The molecule has 3 aromatic rings. The van der Waals surface area contributed by atoms with E-state index in [1.807, 2.05) is 4.90 Å². The van der Waals surface area contributed by atoms with Crippen molar-refractivity contribution in [3.8, 4) is 11.5 Å². The number of carbonyl (C=O) groups excluding carboxylic acids is 1. The summed E-state index contributed by atoms with van der Waals surface area (Å²) in [6.07, 6.45) is 0. The maximum atomic E-state index is 14.0. The van der Waals surface area contributed by atoms with Gasteiger partial charge in [0.05, 0.1) is 12.7 Å².